The highest BCUT2D eigenvalue weighted by Gasteiger charge is 2.38. The minimum atomic E-state index is -5.08. The average molecular weight is 233 g/mol. The Balaban J connectivity index is 0.000000293. The van der Waals surface area contributed by atoms with Crippen molar-refractivity contribution in [3.63, 3.8) is 0 Å². The number of carboxylic acids is 1. The van der Waals surface area contributed by atoms with Crippen molar-refractivity contribution in [2.75, 3.05) is 0 Å². The Morgan fingerprint density at radius 3 is 2.38 bits per heavy atom. The highest BCUT2D eigenvalue weighted by atomic mass is 19.4. The molecule has 0 unspecified atom stereocenters. The molecule has 0 atom stereocenters. The highest BCUT2D eigenvalue weighted by molar-refractivity contribution is 5.73. The minimum absolute atomic E-state index is 0.862. The van der Waals surface area contributed by atoms with Gasteiger partial charge in [0.05, 0.1) is 0 Å². The van der Waals surface area contributed by atoms with Crippen LogP contribution < -0.4 is 0 Å². The number of pyridine rings is 1. The smallest absolute Gasteiger partial charge is 0.475 e. The summed E-state index contributed by atoms with van der Waals surface area (Å²) in [7, 11) is 0. The molecule has 3 nitrogen and oxygen atoms in total. The summed E-state index contributed by atoms with van der Waals surface area (Å²) in [6.07, 6.45) is -0.581. The van der Waals surface area contributed by atoms with E-state index in [1.807, 2.05) is 24.3 Å². The molecule has 1 N–H and O–H groups in total. The summed E-state index contributed by atoms with van der Waals surface area (Å²) in [6, 6.07) is 5.88. The Hall–Kier alpha value is -1.85. The van der Waals surface area contributed by atoms with Crippen LogP contribution in [0.25, 0.3) is 0 Å². The fourth-order valence-electron chi connectivity index (χ4n) is 0.667. The van der Waals surface area contributed by atoms with E-state index in [4.69, 9.17) is 9.90 Å². The largest absolute Gasteiger partial charge is 0.490 e. The molecule has 0 aliphatic carbocycles. The van der Waals surface area contributed by atoms with E-state index in [0.29, 0.717) is 0 Å². The van der Waals surface area contributed by atoms with Gasteiger partial charge in [-0.2, -0.15) is 13.2 Å². The minimum Gasteiger partial charge on any atom is -0.475 e. The van der Waals surface area contributed by atoms with Crippen LogP contribution in [-0.2, 0) is 11.2 Å². The zero-order chi connectivity index (χ0) is 12.6. The third-order valence-electron chi connectivity index (χ3n) is 1.32. The Kier molecular flexibility index (Phi) is 5.84. The van der Waals surface area contributed by atoms with Crippen molar-refractivity contribution >= 4 is 5.97 Å². The number of aliphatic carboxylic acids is 1. The number of hydrogen-bond donors (Lipinski definition) is 1. The number of halogens is 3. The van der Waals surface area contributed by atoms with Gasteiger partial charge in [0.25, 0.3) is 0 Å². The summed E-state index contributed by atoms with van der Waals surface area (Å²) in [6.45, 7) is 3.62. The number of hydrogen-bond acceptors (Lipinski definition) is 2. The zero-order valence-corrected chi connectivity index (χ0v) is 8.24. The van der Waals surface area contributed by atoms with Gasteiger partial charge in [0.2, 0.25) is 0 Å². The van der Waals surface area contributed by atoms with E-state index in [0.717, 1.165) is 12.1 Å². The van der Waals surface area contributed by atoms with Crippen LogP contribution in [0.4, 0.5) is 13.2 Å². The van der Waals surface area contributed by atoms with Gasteiger partial charge in [-0.15, -0.1) is 6.58 Å². The van der Waals surface area contributed by atoms with E-state index in [9.17, 15) is 13.2 Å². The van der Waals surface area contributed by atoms with Crippen molar-refractivity contribution in [1.29, 1.82) is 0 Å². The molecule has 0 fully saturated rings. The highest BCUT2D eigenvalue weighted by Crippen LogP contribution is 2.13. The van der Waals surface area contributed by atoms with E-state index < -0.39 is 12.1 Å². The molecule has 1 rings (SSSR count). The van der Waals surface area contributed by atoms with Gasteiger partial charge >= 0.3 is 12.1 Å². The van der Waals surface area contributed by atoms with Crippen molar-refractivity contribution in [3.8, 4) is 0 Å². The number of carbonyl (C=O) groups is 1. The monoisotopic (exact) mass is 233 g/mol. The van der Waals surface area contributed by atoms with Crippen molar-refractivity contribution in [3.05, 3.63) is 42.7 Å². The van der Waals surface area contributed by atoms with Gasteiger partial charge in [-0.25, -0.2) is 4.79 Å². The third kappa shape index (κ3) is 6.58. The average Bonchev–Trinajstić information content (AvgIpc) is 2.19. The van der Waals surface area contributed by atoms with Crippen molar-refractivity contribution in [2.45, 2.75) is 12.6 Å². The van der Waals surface area contributed by atoms with Gasteiger partial charge < -0.3 is 5.11 Å². The first kappa shape index (κ1) is 14.2. The number of carboxylic acid groups (broad SMARTS) is 1. The lowest BCUT2D eigenvalue weighted by Gasteiger charge is -1.93. The maximum atomic E-state index is 10.6. The first-order valence-electron chi connectivity index (χ1n) is 4.19. The van der Waals surface area contributed by atoms with Crippen LogP contribution in [0, 0.1) is 0 Å². The SMILES string of the molecule is C=CCc1ccccn1.O=C(O)C(F)(F)F. The van der Waals surface area contributed by atoms with Crippen LogP contribution in [-0.4, -0.2) is 22.2 Å². The Bertz CT molecular complexity index is 336. The van der Waals surface area contributed by atoms with E-state index in [2.05, 4.69) is 11.6 Å². The molecule has 0 aliphatic heterocycles. The predicted octanol–water partition coefficient (Wildman–Crippen LogP) is 2.44. The summed E-state index contributed by atoms with van der Waals surface area (Å²) in [4.78, 5) is 13.0. The molecule has 16 heavy (non-hydrogen) atoms. The number of allylic oxidation sites excluding steroid dienone is 1. The summed E-state index contributed by atoms with van der Waals surface area (Å²) in [5.74, 6) is -2.76. The molecule has 1 heterocycles. The van der Waals surface area contributed by atoms with Gasteiger partial charge in [-0.3, -0.25) is 4.98 Å². The molecule has 0 aromatic carbocycles. The van der Waals surface area contributed by atoms with Crippen molar-refractivity contribution in [1.82, 2.24) is 4.98 Å². The van der Waals surface area contributed by atoms with Crippen LogP contribution in [0.15, 0.2) is 37.1 Å². The molecular formula is C10H10F3NO2. The second-order valence-corrected chi connectivity index (χ2v) is 2.62. The molecule has 0 aliphatic rings. The molecule has 0 amide bonds. The van der Waals surface area contributed by atoms with Gasteiger partial charge in [-0.1, -0.05) is 12.1 Å². The lowest BCUT2D eigenvalue weighted by Crippen LogP contribution is -2.21. The number of rotatable bonds is 2. The van der Waals surface area contributed by atoms with E-state index >= 15 is 0 Å². The summed E-state index contributed by atoms with van der Waals surface area (Å²) < 4.78 is 31.7. The number of nitrogens with zero attached hydrogens (tertiary/aromatic N) is 1. The fraction of sp³-hybridized carbons (Fsp3) is 0.200. The molecule has 0 radical (unpaired) electrons. The van der Waals surface area contributed by atoms with Crippen LogP contribution in [0.2, 0.25) is 0 Å². The predicted molar refractivity (Wildman–Crippen MR) is 51.8 cm³/mol. The number of aromatic nitrogens is 1. The first-order valence-corrected chi connectivity index (χ1v) is 4.19. The molecule has 0 saturated carbocycles. The van der Waals surface area contributed by atoms with Crippen LogP contribution in [0.1, 0.15) is 5.69 Å². The third-order valence-corrected chi connectivity index (χ3v) is 1.32. The molecule has 1 aromatic heterocycles. The maximum Gasteiger partial charge on any atom is 0.490 e. The summed E-state index contributed by atoms with van der Waals surface area (Å²) in [5.41, 5.74) is 1.08. The quantitative estimate of drug-likeness (QED) is 0.798. The summed E-state index contributed by atoms with van der Waals surface area (Å²) >= 11 is 0. The molecule has 0 saturated heterocycles. The van der Waals surface area contributed by atoms with Crippen LogP contribution in [0.5, 0.6) is 0 Å². The summed E-state index contributed by atoms with van der Waals surface area (Å²) in [5, 5.41) is 7.12. The van der Waals surface area contributed by atoms with Crippen LogP contribution in [0.3, 0.4) is 0 Å². The zero-order valence-electron chi connectivity index (χ0n) is 8.24. The second-order valence-electron chi connectivity index (χ2n) is 2.62. The van der Waals surface area contributed by atoms with E-state index in [-0.39, 0.29) is 0 Å². The molecule has 6 heteroatoms. The molecule has 0 bridgehead atoms. The normalized spacial score (nSPS) is 9.94. The van der Waals surface area contributed by atoms with Gasteiger partial charge in [0, 0.05) is 18.3 Å². The van der Waals surface area contributed by atoms with Crippen molar-refractivity contribution in [2.24, 2.45) is 0 Å². The fourth-order valence-corrected chi connectivity index (χ4v) is 0.667. The molecular weight excluding hydrogens is 223 g/mol. The van der Waals surface area contributed by atoms with Gasteiger partial charge in [-0.05, 0) is 12.1 Å². The Morgan fingerprint density at radius 2 is 2.06 bits per heavy atom. The van der Waals surface area contributed by atoms with Gasteiger partial charge in [0.15, 0.2) is 0 Å². The molecule has 88 valence electrons. The number of alkyl halides is 3. The lowest BCUT2D eigenvalue weighted by molar-refractivity contribution is -0.192. The second kappa shape index (κ2) is 6.60. The van der Waals surface area contributed by atoms with Crippen molar-refractivity contribution < 1.29 is 23.1 Å². The maximum absolute atomic E-state index is 10.6. The van der Waals surface area contributed by atoms with E-state index in [1.54, 1.807) is 6.20 Å². The lowest BCUT2D eigenvalue weighted by atomic mass is 10.3. The first-order chi connectivity index (χ1) is 7.38. The Labute approximate surface area is 90.2 Å². The topological polar surface area (TPSA) is 50.2 Å². The molecule has 1 aromatic rings. The standard InChI is InChI=1S/C8H9N.C2HF3O2/c1-2-5-8-6-3-4-7-9-8;3-2(4,5)1(6)7/h2-4,6-7H,1,5H2;(H,6,7). The van der Waals surface area contributed by atoms with Gasteiger partial charge in [0.1, 0.15) is 0 Å². The van der Waals surface area contributed by atoms with E-state index in [1.165, 1.54) is 0 Å². The Morgan fingerprint density at radius 1 is 1.50 bits per heavy atom. The molecule has 0 spiro atoms. The van der Waals surface area contributed by atoms with Crippen LogP contribution >= 0.6 is 0 Å².